The number of nitrogens with one attached hydrogen (secondary N) is 2. The van der Waals surface area contributed by atoms with Gasteiger partial charge in [0, 0.05) is 22.5 Å². The second-order valence-corrected chi connectivity index (χ2v) is 6.36. The van der Waals surface area contributed by atoms with Crippen LogP contribution in [0.25, 0.3) is 0 Å². The number of carbonyl (C=O) groups is 1. The molecule has 1 fully saturated rings. The van der Waals surface area contributed by atoms with Crippen molar-refractivity contribution in [1.29, 1.82) is 0 Å². The fraction of sp³-hybridized carbons (Fsp3) is 0.500. The van der Waals surface area contributed by atoms with Gasteiger partial charge >= 0.3 is 0 Å². The van der Waals surface area contributed by atoms with Crippen LogP contribution < -0.4 is 16.6 Å². The number of hydrazine groups is 1. The van der Waals surface area contributed by atoms with E-state index in [9.17, 15) is 4.79 Å². The zero-order valence-corrected chi connectivity index (χ0v) is 12.0. The summed E-state index contributed by atoms with van der Waals surface area (Å²) >= 11 is 2.00. The number of amides is 1. The summed E-state index contributed by atoms with van der Waals surface area (Å²) in [6.45, 7) is 2.18. The van der Waals surface area contributed by atoms with Gasteiger partial charge < -0.3 is 10.7 Å². The first-order valence-corrected chi connectivity index (χ1v) is 7.77. The molecule has 1 aromatic rings. The molecule has 2 unspecified atom stereocenters. The van der Waals surface area contributed by atoms with Crippen molar-refractivity contribution < 1.29 is 4.79 Å². The molecule has 5 heteroatoms. The average Bonchev–Trinajstić information content (AvgIpc) is 2.86. The second-order valence-electron chi connectivity index (χ2n) is 4.78. The highest BCUT2D eigenvalue weighted by Crippen LogP contribution is 2.29. The highest BCUT2D eigenvalue weighted by molar-refractivity contribution is 7.99. The SMILES string of the molecule is CCSC1CCC(NC(=O)c2ccc(NN)cc2)C1. The molecule has 1 aliphatic rings. The Balaban J connectivity index is 1.87. The van der Waals surface area contributed by atoms with Crippen molar-refractivity contribution in [3.63, 3.8) is 0 Å². The number of benzene rings is 1. The van der Waals surface area contributed by atoms with Gasteiger partial charge in [0.15, 0.2) is 0 Å². The molecule has 2 rings (SSSR count). The smallest absolute Gasteiger partial charge is 0.251 e. The lowest BCUT2D eigenvalue weighted by atomic mass is 10.1. The molecule has 1 aromatic carbocycles. The Hall–Kier alpha value is -1.20. The maximum Gasteiger partial charge on any atom is 0.251 e. The molecule has 1 aliphatic carbocycles. The van der Waals surface area contributed by atoms with Crippen LogP contribution in [0.1, 0.15) is 36.5 Å². The Morgan fingerprint density at radius 3 is 2.74 bits per heavy atom. The minimum atomic E-state index is 0.00993. The number of nitrogen functional groups attached to an aromatic ring is 1. The van der Waals surface area contributed by atoms with Gasteiger partial charge in [-0.1, -0.05) is 6.92 Å². The number of rotatable bonds is 5. The van der Waals surface area contributed by atoms with E-state index in [0.717, 1.165) is 24.3 Å². The van der Waals surface area contributed by atoms with Crippen molar-refractivity contribution in [3.05, 3.63) is 29.8 Å². The highest BCUT2D eigenvalue weighted by atomic mass is 32.2. The van der Waals surface area contributed by atoms with E-state index in [4.69, 9.17) is 5.84 Å². The fourth-order valence-corrected chi connectivity index (χ4v) is 3.59. The summed E-state index contributed by atoms with van der Waals surface area (Å²) in [5.41, 5.74) is 4.04. The number of anilines is 1. The molecule has 1 amide bonds. The van der Waals surface area contributed by atoms with E-state index in [1.165, 1.54) is 6.42 Å². The molecule has 1 saturated carbocycles. The van der Waals surface area contributed by atoms with E-state index >= 15 is 0 Å². The van der Waals surface area contributed by atoms with Gasteiger partial charge in [-0.2, -0.15) is 11.8 Å². The summed E-state index contributed by atoms with van der Waals surface area (Å²) < 4.78 is 0. The molecule has 19 heavy (non-hydrogen) atoms. The predicted molar refractivity (Wildman–Crippen MR) is 81.3 cm³/mol. The lowest BCUT2D eigenvalue weighted by Gasteiger charge is -2.13. The van der Waals surface area contributed by atoms with E-state index < -0.39 is 0 Å². The van der Waals surface area contributed by atoms with Gasteiger partial charge in [0.05, 0.1) is 0 Å². The van der Waals surface area contributed by atoms with Crippen molar-refractivity contribution in [1.82, 2.24) is 5.32 Å². The summed E-state index contributed by atoms with van der Waals surface area (Å²) in [4.78, 5) is 12.1. The molecule has 0 heterocycles. The monoisotopic (exact) mass is 279 g/mol. The van der Waals surface area contributed by atoms with E-state index in [0.29, 0.717) is 16.9 Å². The predicted octanol–water partition coefficient (Wildman–Crippen LogP) is 2.38. The zero-order valence-electron chi connectivity index (χ0n) is 11.2. The Labute approximate surface area is 118 Å². The average molecular weight is 279 g/mol. The Bertz CT molecular complexity index is 421. The van der Waals surface area contributed by atoms with Gasteiger partial charge in [-0.05, 0) is 49.3 Å². The lowest BCUT2D eigenvalue weighted by molar-refractivity contribution is 0.0938. The molecule has 0 aliphatic heterocycles. The molecule has 0 aromatic heterocycles. The maximum absolute atomic E-state index is 12.1. The second kappa shape index (κ2) is 6.82. The first-order valence-electron chi connectivity index (χ1n) is 6.72. The Kier molecular flexibility index (Phi) is 5.10. The van der Waals surface area contributed by atoms with E-state index in [-0.39, 0.29) is 5.91 Å². The molecular formula is C14H21N3OS. The summed E-state index contributed by atoms with van der Waals surface area (Å²) in [6.07, 6.45) is 3.39. The summed E-state index contributed by atoms with van der Waals surface area (Å²) in [6, 6.07) is 7.51. The van der Waals surface area contributed by atoms with Gasteiger partial charge in [-0.25, -0.2) is 0 Å². The summed E-state index contributed by atoms with van der Waals surface area (Å²) in [5, 5.41) is 3.82. The first kappa shape index (κ1) is 14.2. The van der Waals surface area contributed by atoms with Crippen LogP contribution in [0.2, 0.25) is 0 Å². The van der Waals surface area contributed by atoms with Crippen LogP contribution in [0, 0.1) is 0 Å². The molecule has 0 saturated heterocycles. The van der Waals surface area contributed by atoms with Gasteiger partial charge in [0.25, 0.3) is 5.91 Å². The minimum Gasteiger partial charge on any atom is -0.349 e. The lowest BCUT2D eigenvalue weighted by Crippen LogP contribution is -2.33. The summed E-state index contributed by atoms with van der Waals surface area (Å²) in [5.74, 6) is 6.46. The van der Waals surface area contributed by atoms with Crippen LogP contribution >= 0.6 is 11.8 Å². The molecule has 2 atom stereocenters. The van der Waals surface area contributed by atoms with Gasteiger partial charge in [0.2, 0.25) is 0 Å². The standard InChI is InChI=1S/C14H21N3OS/c1-2-19-13-8-7-12(9-13)16-14(18)10-3-5-11(17-15)6-4-10/h3-6,12-13,17H,2,7-9,15H2,1H3,(H,16,18). The number of hydrogen-bond acceptors (Lipinski definition) is 4. The molecule has 0 bridgehead atoms. The third-order valence-electron chi connectivity index (χ3n) is 3.44. The molecule has 0 spiro atoms. The van der Waals surface area contributed by atoms with Gasteiger partial charge in [-0.3, -0.25) is 10.6 Å². The third kappa shape index (κ3) is 3.88. The Morgan fingerprint density at radius 1 is 1.37 bits per heavy atom. The van der Waals surface area contributed by atoms with Gasteiger partial charge in [-0.15, -0.1) is 0 Å². The number of thioether (sulfide) groups is 1. The molecule has 4 nitrogen and oxygen atoms in total. The van der Waals surface area contributed by atoms with Crippen LogP contribution in [-0.2, 0) is 0 Å². The molecular weight excluding hydrogens is 258 g/mol. The van der Waals surface area contributed by atoms with Crippen LogP contribution in [0.5, 0.6) is 0 Å². The van der Waals surface area contributed by atoms with E-state index in [1.807, 2.05) is 11.8 Å². The maximum atomic E-state index is 12.1. The number of carbonyl (C=O) groups excluding carboxylic acids is 1. The van der Waals surface area contributed by atoms with Crippen LogP contribution in [-0.4, -0.2) is 23.0 Å². The normalized spacial score (nSPS) is 22.2. The van der Waals surface area contributed by atoms with E-state index in [2.05, 4.69) is 17.7 Å². The number of nitrogens with two attached hydrogens (primary N) is 1. The first-order chi connectivity index (χ1) is 9.22. The third-order valence-corrected chi connectivity index (χ3v) is 4.67. The van der Waals surface area contributed by atoms with Crippen molar-refractivity contribution in [3.8, 4) is 0 Å². The van der Waals surface area contributed by atoms with Crippen LogP contribution in [0.15, 0.2) is 24.3 Å². The quantitative estimate of drug-likeness (QED) is 0.572. The zero-order chi connectivity index (χ0) is 13.7. The largest absolute Gasteiger partial charge is 0.349 e. The fourth-order valence-electron chi connectivity index (χ4n) is 2.44. The van der Waals surface area contributed by atoms with E-state index in [1.54, 1.807) is 24.3 Å². The molecule has 0 radical (unpaired) electrons. The highest BCUT2D eigenvalue weighted by Gasteiger charge is 2.25. The van der Waals surface area contributed by atoms with Crippen LogP contribution in [0.4, 0.5) is 5.69 Å². The molecule has 4 N–H and O–H groups in total. The number of hydrogen-bond donors (Lipinski definition) is 3. The van der Waals surface area contributed by atoms with Crippen LogP contribution in [0.3, 0.4) is 0 Å². The minimum absolute atomic E-state index is 0.00993. The molecule has 104 valence electrons. The van der Waals surface area contributed by atoms with Crippen molar-refractivity contribution in [2.45, 2.75) is 37.5 Å². The van der Waals surface area contributed by atoms with Crippen molar-refractivity contribution in [2.24, 2.45) is 5.84 Å². The Morgan fingerprint density at radius 2 is 2.11 bits per heavy atom. The van der Waals surface area contributed by atoms with Gasteiger partial charge in [0.1, 0.15) is 0 Å². The summed E-state index contributed by atoms with van der Waals surface area (Å²) in [7, 11) is 0. The van der Waals surface area contributed by atoms with Crippen molar-refractivity contribution >= 4 is 23.4 Å². The van der Waals surface area contributed by atoms with Crippen molar-refractivity contribution in [2.75, 3.05) is 11.2 Å². The topological polar surface area (TPSA) is 67.2 Å².